The molecular weight excluding hydrogens is 510 g/mol. The minimum Gasteiger partial charge on any atom is -0.465 e. The summed E-state index contributed by atoms with van der Waals surface area (Å²) in [6, 6.07) is 24.8. The Morgan fingerprint density at radius 1 is 0.750 bits per heavy atom. The number of rotatable bonds is 13. The summed E-state index contributed by atoms with van der Waals surface area (Å²) in [7, 11) is 0. The molecule has 0 heterocycles. The summed E-state index contributed by atoms with van der Waals surface area (Å²) < 4.78 is 0. The zero-order valence-corrected chi connectivity index (χ0v) is 22.2. The van der Waals surface area contributed by atoms with Crippen LogP contribution in [-0.4, -0.2) is 75.9 Å². The molecule has 0 saturated heterocycles. The smallest absolute Gasteiger partial charge is 0.404 e. The van der Waals surface area contributed by atoms with E-state index >= 15 is 0 Å². The van der Waals surface area contributed by atoms with Gasteiger partial charge in [0.05, 0.1) is 36.3 Å². The number of carbonyl (C=O) groups excluding carboxylic acids is 1. The number of carboxylic acid groups (broad SMARTS) is 1. The van der Waals surface area contributed by atoms with Crippen LogP contribution in [0, 0.1) is 0 Å². The van der Waals surface area contributed by atoms with Crippen LogP contribution in [-0.2, 0) is 24.1 Å². The number of carbonyl (C=O) groups is 2. The van der Waals surface area contributed by atoms with Gasteiger partial charge in [-0.25, -0.2) is 4.79 Å². The van der Waals surface area contributed by atoms with Gasteiger partial charge < -0.3 is 36.4 Å². The van der Waals surface area contributed by atoms with Gasteiger partial charge in [-0.1, -0.05) is 84.9 Å². The molecule has 212 valence electrons. The van der Waals surface area contributed by atoms with Crippen LogP contribution in [0.5, 0.6) is 0 Å². The first kappa shape index (κ1) is 29.2. The molecule has 5 unspecified atom stereocenters. The average molecular weight is 548 g/mol. The van der Waals surface area contributed by atoms with Crippen molar-refractivity contribution in [1.82, 2.24) is 16.0 Å². The molecule has 3 aromatic rings. The van der Waals surface area contributed by atoms with E-state index < -0.39 is 42.4 Å². The van der Waals surface area contributed by atoms with Gasteiger partial charge >= 0.3 is 6.09 Å². The number of aliphatic hydroxyl groups excluding tert-OH is 3. The van der Waals surface area contributed by atoms with Crippen molar-refractivity contribution in [3.63, 3.8) is 0 Å². The van der Waals surface area contributed by atoms with E-state index in [-0.39, 0.29) is 19.0 Å². The molecule has 0 aliphatic heterocycles. The highest BCUT2D eigenvalue weighted by Gasteiger charge is 2.37. The Morgan fingerprint density at radius 2 is 1.25 bits per heavy atom. The normalized spacial score (nSPS) is 19.2. The van der Waals surface area contributed by atoms with E-state index in [1.807, 2.05) is 84.9 Å². The standard InChI is InChI=1S/C31H37N3O6/c35-26-17-22-13-7-8-14-23(22)29(26)30(38)33-24(15-20-9-3-1-4-10-20)27(36)18-32-19-28(37)25(34-31(39)40)16-21-11-5-2-6-12-21/h1-14,24-29,32,34-37H,15-19H2,(H,33,38)(H,39,40)/t24?,25-,26?,27?,28?,29?/m0/s1. The molecule has 40 heavy (non-hydrogen) atoms. The summed E-state index contributed by atoms with van der Waals surface area (Å²) >= 11 is 0. The third kappa shape index (κ3) is 7.89. The Hall–Kier alpha value is -3.76. The molecule has 0 fully saturated rings. The Bertz CT molecular complexity index is 1240. The molecule has 0 radical (unpaired) electrons. The van der Waals surface area contributed by atoms with E-state index in [1.54, 1.807) is 0 Å². The molecule has 7 N–H and O–H groups in total. The summed E-state index contributed by atoms with van der Waals surface area (Å²) in [4.78, 5) is 24.7. The van der Waals surface area contributed by atoms with Gasteiger partial charge in [-0.2, -0.15) is 0 Å². The lowest BCUT2D eigenvalue weighted by Gasteiger charge is -2.28. The van der Waals surface area contributed by atoms with Crippen molar-refractivity contribution < 1.29 is 30.0 Å². The second-order valence-electron chi connectivity index (χ2n) is 10.3. The van der Waals surface area contributed by atoms with Crippen LogP contribution in [0.2, 0.25) is 0 Å². The fraction of sp³-hybridized carbons (Fsp3) is 0.355. The van der Waals surface area contributed by atoms with Crippen molar-refractivity contribution in [2.45, 2.75) is 55.6 Å². The number of hydrogen-bond acceptors (Lipinski definition) is 6. The number of hydrogen-bond donors (Lipinski definition) is 7. The second-order valence-corrected chi connectivity index (χ2v) is 10.3. The van der Waals surface area contributed by atoms with Crippen LogP contribution in [0.1, 0.15) is 28.2 Å². The Morgan fingerprint density at radius 3 is 1.80 bits per heavy atom. The maximum absolute atomic E-state index is 13.4. The van der Waals surface area contributed by atoms with Crippen LogP contribution < -0.4 is 16.0 Å². The topological polar surface area (TPSA) is 151 Å². The molecule has 0 bridgehead atoms. The molecule has 4 rings (SSSR count). The molecule has 0 aromatic heterocycles. The lowest BCUT2D eigenvalue weighted by molar-refractivity contribution is -0.126. The summed E-state index contributed by atoms with van der Waals surface area (Å²) in [6.45, 7) is 0.0688. The first-order valence-electron chi connectivity index (χ1n) is 13.5. The van der Waals surface area contributed by atoms with Crippen LogP contribution in [0.4, 0.5) is 4.79 Å². The van der Waals surface area contributed by atoms with Gasteiger partial charge in [-0.3, -0.25) is 4.79 Å². The van der Waals surface area contributed by atoms with Crippen LogP contribution in [0.25, 0.3) is 0 Å². The average Bonchev–Trinajstić information content (AvgIpc) is 3.28. The highest BCUT2D eigenvalue weighted by atomic mass is 16.4. The van der Waals surface area contributed by atoms with Crippen LogP contribution >= 0.6 is 0 Å². The zero-order chi connectivity index (χ0) is 28.5. The maximum Gasteiger partial charge on any atom is 0.404 e. The quantitative estimate of drug-likeness (QED) is 0.172. The van der Waals surface area contributed by atoms with Crippen LogP contribution in [0.3, 0.4) is 0 Å². The molecule has 3 aromatic carbocycles. The van der Waals surface area contributed by atoms with Crippen molar-refractivity contribution in [3.05, 3.63) is 107 Å². The number of benzene rings is 3. The first-order chi connectivity index (χ1) is 19.3. The van der Waals surface area contributed by atoms with Crippen molar-refractivity contribution in [3.8, 4) is 0 Å². The third-order valence-electron chi connectivity index (χ3n) is 7.36. The summed E-state index contributed by atoms with van der Waals surface area (Å²) in [5.41, 5.74) is 3.53. The van der Waals surface area contributed by atoms with Crippen molar-refractivity contribution in [1.29, 1.82) is 0 Å². The van der Waals surface area contributed by atoms with Gasteiger partial charge in [0.2, 0.25) is 5.91 Å². The molecule has 1 aliphatic rings. The predicted octanol–water partition coefficient (Wildman–Crippen LogP) is 1.60. The number of amides is 2. The summed E-state index contributed by atoms with van der Waals surface area (Å²) in [5.74, 6) is -1.08. The molecule has 0 spiro atoms. The summed E-state index contributed by atoms with van der Waals surface area (Å²) in [5, 5.41) is 50.1. The minimum absolute atomic E-state index is 0.0234. The molecule has 1 aliphatic carbocycles. The highest BCUT2D eigenvalue weighted by Crippen LogP contribution is 2.33. The van der Waals surface area contributed by atoms with Crippen LogP contribution in [0.15, 0.2) is 84.9 Å². The molecule has 6 atom stereocenters. The van der Waals surface area contributed by atoms with E-state index in [1.165, 1.54) is 0 Å². The molecule has 9 heteroatoms. The van der Waals surface area contributed by atoms with Gasteiger partial charge in [-0.15, -0.1) is 0 Å². The minimum atomic E-state index is -1.23. The second kappa shape index (κ2) is 14.0. The molecule has 0 saturated carbocycles. The van der Waals surface area contributed by atoms with E-state index in [2.05, 4.69) is 16.0 Å². The first-order valence-corrected chi connectivity index (χ1v) is 13.5. The third-order valence-corrected chi connectivity index (χ3v) is 7.36. The monoisotopic (exact) mass is 547 g/mol. The zero-order valence-electron chi connectivity index (χ0n) is 22.2. The maximum atomic E-state index is 13.4. The lowest BCUT2D eigenvalue weighted by atomic mass is 9.96. The van der Waals surface area contributed by atoms with E-state index in [0.29, 0.717) is 19.3 Å². The van der Waals surface area contributed by atoms with E-state index in [4.69, 9.17) is 0 Å². The Labute approximate surface area is 233 Å². The molecule has 9 nitrogen and oxygen atoms in total. The van der Waals surface area contributed by atoms with E-state index in [0.717, 1.165) is 22.3 Å². The number of aliphatic hydroxyl groups is 3. The fourth-order valence-electron chi connectivity index (χ4n) is 5.29. The largest absolute Gasteiger partial charge is 0.465 e. The Balaban J connectivity index is 1.39. The van der Waals surface area contributed by atoms with Crippen molar-refractivity contribution >= 4 is 12.0 Å². The highest BCUT2D eigenvalue weighted by molar-refractivity contribution is 5.86. The van der Waals surface area contributed by atoms with Crippen molar-refractivity contribution in [2.24, 2.45) is 0 Å². The van der Waals surface area contributed by atoms with Gasteiger partial charge in [0.15, 0.2) is 0 Å². The summed E-state index contributed by atoms with van der Waals surface area (Å²) in [6.07, 6.45) is -3.10. The van der Waals surface area contributed by atoms with Crippen molar-refractivity contribution in [2.75, 3.05) is 13.1 Å². The number of nitrogens with one attached hydrogen (secondary N) is 3. The predicted molar refractivity (Wildman–Crippen MR) is 151 cm³/mol. The lowest BCUT2D eigenvalue weighted by Crippen LogP contribution is -2.53. The van der Waals surface area contributed by atoms with E-state index in [9.17, 15) is 30.0 Å². The SMILES string of the molecule is O=C(O)N[C@@H](Cc1ccccc1)C(O)CNCC(O)C(Cc1ccccc1)NC(=O)C1c2ccccc2CC1O. The number of fused-ring (bicyclic) bond motifs is 1. The molecule has 2 amide bonds. The van der Waals surface area contributed by atoms with Gasteiger partial charge in [-0.05, 0) is 41.5 Å². The molecular formula is C31H37N3O6. The Kier molecular flexibility index (Phi) is 10.3. The fourth-order valence-corrected chi connectivity index (χ4v) is 5.29. The van der Waals surface area contributed by atoms with Gasteiger partial charge in [0, 0.05) is 13.1 Å². The van der Waals surface area contributed by atoms with Gasteiger partial charge in [0.1, 0.15) is 0 Å². The van der Waals surface area contributed by atoms with Gasteiger partial charge in [0.25, 0.3) is 0 Å².